The summed E-state index contributed by atoms with van der Waals surface area (Å²) in [6, 6.07) is 0.266. The first-order chi connectivity index (χ1) is 14.1. The standard InChI is InChI=1S/C19H26N6O4/c1-12(26)28-11-14-7-8-15(29-14)25-19(27)17-16(20-22-25)18(21-24(17)13-5-6-13)23-9-3-2-4-10-23/h13-15H,2-11H2,1H3. The number of carbonyl (C=O) groups is 1. The third-order valence-corrected chi connectivity index (χ3v) is 5.90. The monoisotopic (exact) mass is 402 g/mol. The predicted molar refractivity (Wildman–Crippen MR) is 104 cm³/mol. The second-order valence-corrected chi connectivity index (χ2v) is 8.18. The summed E-state index contributed by atoms with van der Waals surface area (Å²) in [5, 5.41) is 13.4. The summed E-state index contributed by atoms with van der Waals surface area (Å²) in [6.07, 6.45) is 6.14. The number of anilines is 1. The molecule has 2 aromatic heterocycles. The van der Waals surface area contributed by atoms with Crippen LogP contribution < -0.4 is 10.5 Å². The number of nitrogens with zero attached hydrogens (tertiary/aromatic N) is 6. The Hall–Kier alpha value is -2.49. The van der Waals surface area contributed by atoms with E-state index in [0.29, 0.717) is 23.9 Å². The van der Waals surface area contributed by atoms with Gasteiger partial charge < -0.3 is 14.4 Å². The lowest BCUT2D eigenvalue weighted by molar-refractivity contribution is -0.145. The molecule has 29 heavy (non-hydrogen) atoms. The van der Waals surface area contributed by atoms with Crippen molar-refractivity contribution in [2.45, 2.75) is 70.2 Å². The zero-order valence-electron chi connectivity index (χ0n) is 16.6. The van der Waals surface area contributed by atoms with Crippen molar-refractivity contribution >= 4 is 22.8 Å². The lowest BCUT2D eigenvalue weighted by Gasteiger charge is -2.26. The number of carbonyl (C=O) groups excluding carboxylic acids is 1. The number of piperidine rings is 1. The molecular formula is C19H26N6O4. The number of esters is 1. The van der Waals surface area contributed by atoms with Crippen molar-refractivity contribution in [1.29, 1.82) is 0 Å². The van der Waals surface area contributed by atoms with E-state index in [9.17, 15) is 9.59 Å². The van der Waals surface area contributed by atoms with Crippen molar-refractivity contribution in [3.05, 3.63) is 10.4 Å². The number of hydrogen-bond donors (Lipinski definition) is 0. The Kier molecular flexibility index (Phi) is 4.73. The third kappa shape index (κ3) is 3.50. The Labute approximate surface area is 167 Å². The van der Waals surface area contributed by atoms with Crippen molar-refractivity contribution in [2.24, 2.45) is 0 Å². The van der Waals surface area contributed by atoms with Gasteiger partial charge in [0.2, 0.25) is 0 Å². The van der Waals surface area contributed by atoms with Crippen LogP contribution in [0.2, 0.25) is 0 Å². The topological polar surface area (TPSA) is 104 Å². The number of aromatic nitrogens is 5. The summed E-state index contributed by atoms with van der Waals surface area (Å²) in [5.41, 5.74) is 0.903. The molecule has 156 valence electrons. The Bertz CT molecular complexity index is 975. The van der Waals surface area contributed by atoms with Crippen LogP contribution in [-0.4, -0.2) is 56.5 Å². The van der Waals surface area contributed by atoms with Crippen LogP contribution in [0.4, 0.5) is 5.82 Å². The lowest BCUT2D eigenvalue weighted by atomic mass is 10.1. The molecule has 10 heteroatoms. The molecule has 0 spiro atoms. The van der Waals surface area contributed by atoms with Gasteiger partial charge in [0.15, 0.2) is 23.1 Å². The largest absolute Gasteiger partial charge is 0.463 e. The minimum atomic E-state index is -0.499. The van der Waals surface area contributed by atoms with E-state index in [-0.39, 0.29) is 30.3 Å². The first-order valence-corrected chi connectivity index (χ1v) is 10.5. The minimum Gasteiger partial charge on any atom is -0.463 e. The normalized spacial score (nSPS) is 24.9. The Balaban J connectivity index is 1.47. The fourth-order valence-electron chi connectivity index (χ4n) is 4.24. The quantitative estimate of drug-likeness (QED) is 0.694. The molecule has 3 aliphatic rings. The molecule has 3 fully saturated rings. The first kappa shape index (κ1) is 18.5. The molecule has 2 atom stereocenters. The van der Waals surface area contributed by atoms with Gasteiger partial charge in [0, 0.05) is 20.0 Å². The predicted octanol–water partition coefficient (Wildman–Crippen LogP) is 1.55. The summed E-state index contributed by atoms with van der Waals surface area (Å²) in [4.78, 5) is 26.6. The molecule has 2 aliphatic heterocycles. The fraction of sp³-hybridized carbons (Fsp3) is 0.737. The van der Waals surface area contributed by atoms with Crippen LogP contribution >= 0.6 is 0 Å². The van der Waals surface area contributed by atoms with Crippen molar-refractivity contribution in [2.75, 3.05) is 24.6 Å². The van der Waals surface area contributed by atoms with Gasteiger partial charge in [-0.2, -0.15) is 9.78 Å². The number of fused-ring (bicyclic) bond motifs is 1. The van der Waals surface area contributed by atoms with Gasteiger partial charge in [-0.05, 0) is 44.9 Å². The molecule has 0 aromatic carbocycles. The van der Waals surface area contributed by atoms with Crippen molar-refractivity contribution in [3.63, 3.8) is 0 Å². The highest BCUT2D eigenvalue weighted by molar-refractivity contribution is 5.86. The Morgan fingerprint density at radius 2 is 1.93 bits per heavy atom. The summed E-state index contributed by atoms with van der Waals surface area (Å²) in [6.45, 7) is 3.43. The van der Waals surface area contributed by atoms with E-state index in [0.717, 1.165) is 44.6 Å². The molecule has 1 aliphatic carbocycles. The van der Waals surface area contributed by atoms with Gasteiger partial charge >= 0.3 is 5.97 Å². The smallest absolute Gasteiger partial charge is 0.302 e. The van der Waals surface area contributed by atoms with E-state index in [4.69, 9.17) is 14.6 Å². The summed E-state index contributed by atoms with van der Waals surface area (Å²) < 4.78 is 14.1. The Morgan fingerprint density at radius 3 is 2.66 bits per heavy atom. The molecule has 10 nitrogen and oxygen atoms in total. The molecule has 0 bridgehead atoms. The number of hydrogen-bond acceptors (Lipinski definition) is 8. The van der Waals surface area contributed by atoms with E-state index in [2.05, 4.69) is 15.2 Å². The van der Waals surface area contributed by atoms with E-state index in [1.807, 2.05) is 4.68 Å². The average molecular weight is 402 g/mol. The van der Waals surface area contributed by atoms with Crippen molar-refractivity contribution < 1.29 is 14.3 Å². The van der Waals surface area contributed by atoms with Gasteiger partial charge in [0.1, 0.15) is 6.61 Å². The Morgan fingerprint density at radius 1 is 1.14 bits per heavy atom. The molecule has 1 saturated carbocycles. The average Bonchev–Trinajstić information content (AvgIpc) is 3.33. The van der Waals surface area contributed by atoms with Crippen LogP contribution in [0.5, 0.6) is 0 Å². The lowest BCUT2D eigenvalue weighted by Crippen LogP contribution is -2.31. The van der Waals surface area contributed by atoms with E-state index >= 15 is 0 Å². The zero-order valence-corrected chi connectivity index (χ0v) is 16.6. The second kappa shape index (κ2) is 7.40. The van der Waals surface area contributed by atoms with Gasteiger partial charge in [-0.3, -0.25) is 14.3 Å². The maximum Gasteiger partial charge on any atom is 0.302 e. The maximum absolute atomic E-state index is 13.4. The molecule has 2 unspecified atom stereocenters. The third-order valence-electron chi connectivity index (χ3n) is 5.90. The van der Waals surface area contributed by atoms with Crippen LogP contribution in [0.15, 0.2) is 4.79 Å². The van der Waals surface area contributed by atoms with Crippen LogP contribution in [-0.2, 0) is 14.3 Å². The fourth-order valence-corrected chi connectivity index (χ4v) is 4.24. The SMILES string of the molecule is CC(=O)OCC1CCC(n2nnc3c(N4CCCCC4)nn(C4CC4)c3c2=O)O1. The first-order valence-electron chi connectivity index (χ1n) is 10.5. The van der Waals surface area contributed by atoms with Gasteiger partial charge in [-0.15, -0.1) is 5.10 Å². The van der Waals surface area contributed by atoms with Crippen molar-refractivity contribution in [1.82, 2.24) is 24.8 Å². The van der Waals surface area contributed by atoms with E-state index in [1.165, 1.54) is 18.0 Å². The minimum absolute atomic E-state index is 0.190. The summed E-state index contributed by atoms with van der Waals surface area (Å²) in [5.74, 6) is 0.442. The number of ether oxygens (including phenoxy) is 2. The van der Waals surface area contributed by atoms with E-state index < -0.39 is 6.23 Å². The molecule has 2 aromatic rings. The molecule has 0 radical (unpaired) electrons. The highest BCUT2D eigenvalue weighted by Gasteiger charge is 2.34. The van der Waals surface area contributed by atoms with Gasteiger partial charge in [-0.1, -0.05) is 5.21 Å². The zero-order chi connectivity index (χ0) is 20.0. The molecule has 4 heterocycles. The van der Waals surface area contributed by atoms with Crippen LogP contribution in [0, 0.1) is 0 Å². The van der Waals surface area contributed by atoms with Gasteiger partial charge in [-0.25, -0.2) is 0 Å². The molecular weight excluding hydrogens is 376 g/mol. The van der Waals surface area contributed by atoms with Gasteiger partial charge in [0.05, 0.1) is 12.1 Å². The summed E-state index contributed by atoms with van der Waals surface area (Å²) >= 11 is 0. The highest BCUT2D eigenvalue weighted by Crippen LogP contribution is 2.38. The number of rotatable bonds is 5. The molecule has 5 rings (SSSR count). The van der Waals surface area contributed by atoms with Crippen LogP contribution in [0.25, 0.3) is 11.0 Å². The highest BCUT2D eigenvalue weighted by atomic mass is 16.6. The molecule has 0 N–H and O–H groups in total. The molecule has 0 amide bonds. The molecule has 2 saturated heterocycles. The van der Waals surface area contributed by atoms with Crippen LogP contribution in [0.3, 0.4) is 0 Å². The van der Waals surface area contributed by atoms with Crippen LogP contribution in [0.1, 0.15) is 64.1 Å². The summed E-state index contributed by atoms with van der Waals surface area (Å²) in [7, 11) is 0. The van der Waals surface area contributed by atoms with E-state index in [1.54, 1.807) is 0 Å². The maximum atomic E-state index is 13.4. The van der Waals surface area contributed by atoms with Crippen molar-refractivity contribution in [3.8, 4) is 0 Å². The van der Waals surface area contributed by atoms with Gasteiger partial charge in [0.25, 0.3) is 5.56 Å². The second-order valence-electron chi connectivity index (χ2n) is 8.18.